The van der Waals surface area contributed by atoms with Crippen molar-refractivity contribution in [2.45, 2.75) is 26.7 Å². The molecule has 0 saturated heterocycles. The number of fused-ring (bicyclic) bond motifs is 1. The quantitative estimate of drug-likeness (QED) is 0.630. The fourth-order valence-corrected chi connectivity index (χ4v) is 2.10. The van der Waals surface area contributed by atoms with Crippen LogP contribution in [0.1, 0.15) is 25.0 Å². The number of anilines is 2. The van der Waals surface area contributed by atoms with Gasteiger partial charge >= 0.3 is 0 Å². The van der Waals surface area contributed by atoms with Crippen molar-refractivity contribution in [3.8, 4) is 0 Å². The molecule has 0 aliphatic carbocycles. The van der Waals surface area contributed by atoms with Gasteiger partial charge in [-0.3, -0.25) is 9.59 Å². The maximum Gasteiger partial charge on any atom is 0.242 e. The molecule has 2 rings (SSSR count). The minimum atomic E-state index is -0.544. The summed E-state index contributed by atoms with van der Waals surface area (Å²) in [5.41, 5.74) is 4.51. The Kier molecular flexibility index (Phi) is 3.46. The first-order valence-corrected chi connectivity index (χ1v) is 6.09. The summed E-state index contributed by atoms with van der Waals surface area (Å²) in [6.07, 6.45) is 3.65. The summed E-state index contributed by atoms with van der Waals surface area (Å²) in [4.78, 5) is 21.9. The molecule has 4 heteroatoms. The molecule has 0 amide bonds. The first-order valence-electron chi connectivity index (χ1n) is 6.09. The predicted octanol–water partition coefficient (Wildman–Crippen LogP) is 2.26. The average Bonchev–Trinajstić information content (AvgIpc) is 2.44. The van der Waals surface area contributed by atoms with E-state index < -0.39 is 5.78 Å². The molecule has 18 heavy (non-hydrogen) atoms. The molecule has 2 N–H and O–H groups in total. The first kappa shape index (κ1) is 12.4. The van der Waals surface area contributed by atoms with E-state index in [1.165, 1.54) is 5.56 Å². The van der Waals surface area contributed by atoms with Crippen LogP contribution in [0.5, 0.6) is 0 Å². The van der Waals surface area contributed by atoms with Crippen LogP contribution in [0.15, 0.2) is 24.0 Å². The van der Waals surface area contributed by atoms with E-state index in [9.17, 15) is 9.59 Å². The van der Waals surface area contributed by atoms with Gasteiger partial charge in [-0.25, -0.2) is 0 Å². The predicted molar refractivity (Wildman–Crippen MR) is 71.6 cm³/mol. The van der Waals surface area contributed by atoms with Gasteiger partial charge in [0.25, 0.3) is 0 Å². The zero-order valence-corrected chi connectivity index (χ0v) is 10.5. The number of hydrogen-bond donors (Lipinski definition) is 2. The van der Waals surface area contributed by atoms with Gasteiger partial charge < -0.3 is 10.6 Å². The Hall–Kier alpha value is -2.10. The Bertz CT molecular complexity index is 533. The molecule has 0 bridgehead atoms. The normalized spacial score (nSPS) is 12.9. The molecule has 1 aliphatic heterocycles. The van der Waals surface area contributed by atoms with E-state index in [1.54, 1.807) is 6.20 Å². The van der Waals surface area contributed by atoms with Crippen LogP contribution in [0, 0.1) is 0 Å². The lowest BCUT2D eigenvalue weighted by Crippen LogP contribution is -2.20. The maximum absolute atomic E-state index is 11.4. The van der Waals surface area contributed by atoms with Crippen LogP contribution in [0.4, 0.5) is 11.4 Å². The number of allylic oxidation sites excluding steroid dienone is 1. The van der Waals surface area contributed by atoms with Crippen molar-refractivity contribution in [3.63, 3.8) is 0 Å². The van der Waals surface area contributed by atoms with Crippen LogP contribution in [-0.4, -0.2) is 12.1 Å². The van der Waals surface area contributed by atoms with Gasteiger partial charge in [-0.05, 0) is 24.0 Å². The third-order valence-electron chi connectivity index (χ3n) is 3.13. The van der Waals surface area contributed by atoms with Gasteiger partial charge in [-0.2, -0.15) is 0 Å². The molecule has 4 nitrogen and oxygen atoms in total. The second-order valence-corrected chi connectivity index (χ2v) is 4.15. The Morgan fingerprint density at radius 2 is 1.78 bits per heavy atom. The third kappa shape index (κ3) is 2.01. The Morgan fingerprint density at radius 3 is 2.33 bits per heavy atom. The largest absolute Gasteiger partial charge is 0.358 e. The van der Waals surface area contributed by atoms with Crippen LogP contribution in [0.2, 0.25) is 0 Å². The SMILES string of the molecule is CCc1ccc(CC)c2c1NC=C(C(=O)C=O)N2. The molecular weight excluding hydrogens is 228 g/mol. The summed E-state index contributed by atoms with van der Waals surface area (Å²) in [7, 11) is 0. The Labute approximate surface area is 106 Å². The van der Waals surface area contributed by atoms with Crippen molar-refractivity contribution in [2.24, 2.45) is 0 Å². The number of aryl methyl sites for hydroxylation is 2. The van der Waals surface area contributed by atoms with Gasteiger partial charge in [0.15, 0.2) is 6.29 Å². The number of aldehydes is 1. The van der Waals surface area contributed by atoms with Gasteiger partial charge in [0.05, 0.1) is 11.4 Å². The van der Waals surface area contributed by atoms with Gasteiger partial charge in [0, 0.05) is 6.20 Å². The van der Waals surface area contributed by atoms with Gasteiger partial charge in [-0.1, -0.05) is 26.0 Å². The van der Waals surface area contributed by atoms with E-state index >= 15 is 0 Å². The number of benzene rings is 1. The zero-order valence-electron chi connectivity index (χ0n) is 10.5. The fourth-order valence-electron chi connectivity index (χ4n) is 2.10. The second-order valence-electron chi connectivity index (χ2n) is 4.15. The standard InChI is InChI=1S/C14H16N2O2/c1-3-9-5-6-10(4-2)14-13(9)15-7-11(16-14)12(18)8-17/h5-8,15-16H,3-4H2,1-2H3. The molecule has 0 aromatic heterocycles. The molecule has 0 radical (unpaired) electrons. The second kappa shape index (κ2) is 5.04. The molecule has 0 saturated carbocycles. The number of nitrogens with one attached hydrogen (secondary N) is 2. The van der Waals surface area contributed by atoms with Crippen LogP contribution in [0.25, 0.3) is 0 Å². The van der Waals surface area contributed by atoms with E-state index in [0.717, 1.165) is 29.8 Å². The molecule has 0 unspecified atom stereocenters. The van der Waals surface area contributed by atoms with Crippen molar-refractivity contribution in [3.05, 3.63) is 35.2 Å². The number of ketones is 1. The maximum atomic E-state index is 11.4. The van der Waals surface area contributed by atoms with Gasteiger partial charge in [0.2, 0.25) is 5.78 Å². The van der Waals surface area contributed by atoms with Gasteiger partial charge in [0.1, 0.15) is 5.70 Å². The molecular formula is C14H16N2O2. The highest BCUT2D eigenvalue weighted by molar-refractivity contribution is 6.34. The first-order chi connectivity index (χ1) is 8.71. The number of carbonyl (C=O) groups is 2. The number of rotatable bonds is 4. The molecule has 1 aromatic rings. The minimum Gasteiger partial charge on any atom is -0.358 e. The van der Waals surface area contributed by atoms with Crippen LogP contribution in [-0.2, 0) is 22.4 Å². The summed E-state index contributed by atoms with van der Waals surface area (Å²) < 4.78 is 0. The summed E-state index contributed by atoms with van der Waals surface area (Å²) >= 11 is 0. The van der Waals surface area contributed by atoms with E-state index in [4.69, 9.17) is 0 Å². The van der Waals surface area contributed by atoms with Gasteiger partial charge in [-0.15, -0.1) is 0 Å². The zero-order chi connectivity index (χ0) is 13.1. The lowest BCUT2D eigenvalue weighted by Gasteiger charge is -2.23. The van der Waals surface area contributed by atoms with E-state index in [-0.39, 0.29) is 0 Å². The number of Topliss-reactive ketones (excluding diaryl/α,β-unsaturated/α-hetero) is 1. The average molecular weight is 244 g/mol. The Balaban J connectivity index is 2.46. The monoisotopic (exact) mass is 244 g/mol. The van der Waals surface area contributed by atoms with E-state index in [0.29, 0.717) is 12.0 Å². The van der Waals surface area contributed by atoms with E-state index in [1.807, 2.05) is 0 Å². The third-order valence-corrected chi connectivity index (χ3v) is 3.13. The van der Waals surface area contributed by atoms with Crippen molar-refractivity contribution >= 4 is 23.4 Å². The lowest BCUT2D eigenvalue weighted by atomic mass is 10.0. The van der Waals surface area contributed by atoms with E-state index in [2.05, 4.69) is 36.6 Å². The summed E-state index contributed by atoms with van der Waals surface area (Å²) in [5.74, 6) is -0.544. The number of carbonyl (C=O) groups excluding carboxylic acids is 2. The van der Waals surface area contributed by atoms with Crippen molar-refractivity contribution in [1.29, 1.82) is 0 Å². The molecule has 1 aromatic carbocycles. The smallest absolute Gasteiger partial charge is 0.242 e. The molecule has 0 atom stereocenters. The topological polar surface area (TPSA) is 58.2 Å². The molecule has 0 spiro atoms. The highest BCUT2D eigenvalue weighted by Crippen LogP contribution is 2.34. The molecule has 94 valence electrons. The van der Waals surface area contributed by atoms with Crippen molar-refractivity contribution < 1.29 is 9.59 Å². The van der Waals surface area contributed by atoms with Crippen molar-refractivity contribution in [2.75, 3.05) is 10.6 Å². The fraction of sp³-hybridized carbons (Fsp3) is 0.286. The lowest BCUT2D eigenvalue weighted by molar-refractivity contribution is -0.127. The molecule has 1 aliphatic rings. The highest BCUT2D eigenvalue weighted by atomic mass is 16.2. The van der Waals surface area contributed by atoms with Crippen LogP contribution >= 0.6 is 0 Å². The molecule has 0 fully saturated rings. The van der Waals surface area contributed by atoms with Crippen LogP contribution < -0.4 is 10.6 Å². The highest BCUT2D eigenvalue weighted by Gasteiger charge is 2.19. The summed E-state index contributed by atoms with van der Waals surface area (Å²) in [6.45, 7) is 4.14. The summed E-state index contributed by atoms with van der Waals surface area (Å²) in [6, 6.07) is 4.15. The van der Waals surface area contributed by atoms with Crippen molar-refractivity contribution in [1.82, 2.24) is 0 Å². The summed E-state index contributed by atoms with van der Waals surface area (Å²) in [5, 5.41) is 6.18. The molecule has 1 heterocycles. The Morgan fingerprint density at radius 1 is 1.17 bits per heavy atom. The van der Waals surface area contributed by atoms with Crippen LogP contribution in [0.3, 0.4) is 0 Å². The number of hydrogen-bond acceptors (Lipinski definition) is 4. The minimum absolute atomic E-state index is 0.292.